The second-order valence-electron chi connectivity index (χ2n) is 4.12. The third-order valence-electron chi connectivity index (χ3n) is 2.59. The number of nitrogens with zero attached hydrogens (tertiary/aromatic N) is 1. The third-order valence-corrected chi connectivity index (χ3v) is 4.26. The Kier molecular flexibility index (Phi) is 5.17. The van der Waals surface area contributed by atoms with Crippen molar-refractivity contribution in [3.8, 4) is 0 Å². The van der Waals surface area contributed by atoms with Gasteiger partial charge in [0.2, 0.25) is 10.0 Å². The Balaban J connectivity index is 2.81. The summed E-state index contributed by atoms with van der Waals surface area (Å²) in [6.07, 6.45) is 3.54. The van der Waals surface area contributed by atoms with E-state index in [1.165, 1.54) is 12.1 Å². The van der Waals surface area contributed by atoms with Crippen molar-refractivity contribution in [1.29, 1.82) is 0 Å². The number of allylic oxidation sites excluding steroid dienone is 2. The van der Waals surface area contributed by atoms with Crippen molar-refractivity contribution in [2.24, 2.45) is 0 Å². The highest BCUT2D eigenvalue weighted by Crippen LogP contribution is 2.15. The molecule has 0 bridgehead atoms. The minimum Gasteiger partial charge on any atom is -0.392 e. The van der Waals surface area contributed by atoms with Gasteiger partial charge in [0.1, 0.15) is 11.0 Å². The quantitative estimate of drug-likeness (QED) is 0.746. The summed E-state index contributed by atoms with van der Waals surface area (Å²) in [5.74, 6) is 0.720. The van der Waals surface area contributed by atoms with Crippen LogP contribution in [0.15, 0.2) is 35.0 Å². The number of nitrogens with one attached hydrogen (secondary N) is 2. The van der Waals surface area contributed by atoms with E-state index in [0.717, 1.165) is 5.70 Å². The maximum Gasteiger partial charge on any atom is 0.240 e. The molecule has 1 unspecified atom stereocenters. The van der Waals surface area contributed by atoms with Crippen molar-refractivity contribution in [2.75, 3.05) is 11.8 Å². The van der Waals surface area contributed by atoms with Crippen LogP contribution >= 0.6 is 0 Å². The first-order valence-electron chi connectivity index (χ1n) is 5.81. The summed E-state index contributed by atoms with van der Waals surface area (Å²) in [4.78, 5) is 0. The van der Waals surface area contributed by atoms with Crippen LogP contribution < -0.4 is 10.0 Å². The molecule has 0 radical (unpaired) electrons. The van der Waals surface area contributed by atoms with Crippen LogP contribution in [0.1, 0.15) is 19.1 Å². The summed E-state index contributed by atoms with van der Waals surface area (Å²) in [5, 5.41) is 5.81. The topological polar surface area (TPSA) is 84.2 Å². The van der Waals surface area contributed by atoms with Crippen LogP contribution in [-0.4, -0.2) is 25.9 Å². The van der Waals surface area contributed by atoms with E-state index in [1.807, 2.05) is 6.92 Å². The van der Waals surface area contributed by atoms with Gasteiger partial charge in [-0.05, 0) is 20.3 Å². The predicted octanol–water partition coefficient (Wildman–Crippen LogP) is 1.79. The monoisotopic (exact) mass is 285 g/mol. The lowest BCUT2D eigenvalue weighted by atomic mass is 10.2. The SMILES string of the molecule is C=CC(C/C=C(\C)NC)S(=O)(=O)Nc1cc(C)on1. The summed E-state index contributed by atoms with van der Waals surface area (Å²) in [6.45, 7) is 7.12. The lowest BCUT2D eigenvalue weighted by Gasteiger charge is -2.12. The molecule has 6 nitrogen and oxygen atoms in total. The largest absolute Gasteiger partial charge is 0.392 e. The zero-order valence-corrected chi connectivity index (χ0v) is 12.1. The Morgan fingerprint density at radius 1 is 1.63 bits per heavy atom. The molecule has 19 heavy (non-hydrogen) atoms. The maximum absolute atomic E-state index is 12.1. The molecule has 0 fully saturated rings. The van der Waals surface area contributed by atoms with Crippen LogP contribution in [-0.2, 0) is 10.0 Å². The van der Waals surface area contributed by atoms with E-state index >= 15 is 0 Å². The predicted molar refractivity (Wildman–Crippen MR) is 75.2 cm³/mol. The Morgan fingerprint density at radius 3 is 2.79 bits per heavy atom. The fraction of sp³-hybridized carbons (Fsp3) is 0.417. The number of anilines is 1. The Morgan fingerprint density at radius 2 is 2.32 bits per heavy atom. The van der Waals surface area contributed by atoms with Crippen LogP contribution in [0.5, 0.6) is 0 Å². The minimum absolute atomic E-state index is 0.179. The van der Waals surface area contributed by atoms with E-state index in [0.29, 0.717) is 12.2 Å². The van der Waals surface area contributed by atoms with E-state index in [9.17, 15) is 8.42 Å². The van der Waals surface area contributed by atoms with Crippen molar-refractivity contribution >= 4 is 15.8 Å². The van der Waals surface area contributed by atoms with Gasteiger partial charge >= 0.3 is 0 Å². The number of aromatic nitrogens is 1. The fourth-order valence-corrected chi connectivity index (χ4v) is 2.52. The van der Waals surface area contributed by atoms with Gasteiger partial charge in [-0.15, -0.1) is 6.58 Å². The standard InChI is InChI=1S/C12H19N3O3S/c1-5-11(7-6-9(2)13-4)19(16,17)15-12-8-10(3)18-14-12/h5-6,8,11,13H,1,7H2,2-4H3,(H,14,15)/b9-6+. The van der Waals surface area contributed by atoms with Gasteiger partial charge < -0.3 is 9.84 Å². The van der Waals surface area contributed by atoms with Gasteiger partial charge in [-0.3, -0.25) is 4.72 Å². The van der Waals surface area contributed by atoms with Gasteiger partial charge in [0.15, 0.2) is 5.82 Å². The molecular formula is C12H19N3O3S. The summed E-state index contributed by atoms with van der Waals surface area (Å²) in [6, 6.07) is 1.52. The number of hydrogen-bond acceptors (Lipinski definition) is 5. The zero-order chi connectivity index (χ0) is 14.5. The Bertz CT molecular complexity index is 561. The number of sulfonamides is 1. The summed E-state index contributed by atoms with van der Waals surface area (Å²) in [5.41, 5.74) is 0.902. The van der Waals surface area contributed by atoms with Crippen LogP contribution in [0.4, 0.5) is 5.82 Å². The molecule has 1 aromatic heterocycles. The second kappa shape index (κ2) is 6.42. The molecule has 0 amide bonds. The average Bonchev–Trinajstić information content (AvgIpc) is 2.73. The maximum atomic E-state index is 12.1. The first-order valence-corrected chi connectivity index (χ1v) is 7.35. The van der Waals surface area contributed by atoms with Crippen molar-refractivity contribution < 1.29 is 12.9 Å². The molecule has 0 aromatic carbocycles. The first kappa shape index (κ1) is 15.3. The fourth-order valence-electron chi connectivity index (χ4n) is 1.38. The van der Waals surface area contributed by atoms with Gasteiger partial charge in [0, 0.05) is 18.8 Å². The molecular weight excluding hydrogens is 266 g/mol. The minimum atomic E-state index is -3.58. The van der Waals surface area contributed by atoms with Gasteiger partial charge in [-0.2, -0.15) is 0 Å². The zero-order valence-electron chi connectivity index (χ0n) is 11.3. The third kappa shape index (κ3) is 4.44. The molecule has 106 valence electrons. The normalized spacial score (nSPS) is 13.9. The summed E-state index contributed by atoms with van der Waals surface area (Å²) in [7, 11) is -1.80. The van der Waals surface area contributed by atoms with Crippen LogP contribution in [0, 0.1) is 6.92 Å². The van der Waals surface area contributed by atoms with Crippen molar-refractivity contribution in [2.45, 2.75) is 25.5 Å². The van der Waals surface area contributed by atoms with E-state index in [2.05, 4.69) is 21.8 Å². The van der Waals surface area contributed by atoms with E-state index in [1.54, 1.807) is 20.0 Å². The highest BCUT2D eigenvalue weighted by Gasteiger charge is 2.22. The average molecular weight is 285 g/mol. The van der Waals surface area contributed by atoms with Crippen LogP contribution in [0.25, 0.3) is 0 Å². The molecule has 0 saturated heterocycles. The smallest absolute Gasteiger partial charge is 0.240 e. The Hall–Kier alpha value is -1.76. The van der Waals surface area contributed by atoms with E-state index in [4.69, 9.17) is 4.52 Å². The van der Waals surface area contributed by atoms with Crippen LogP contribution in [0.3, 0.4) is 0 Å². The molecule has 0 aliphatic heterocycles. The number of aryl methyl sites for hydroxylation is 1. The Labute approximate surface area is 113 Å². The van der Waals surface area contributed by atoms with Gasteiger partial charge in [0.25, 0.3) is 0 Å². The molecule has 7 heteroatoms. The molecule has 0 spiro atoms. The van der Waals surface area contributed by atoms with Gasteiger partial charge in [-0.25, -0.2) is 8.42 Å². The van der Waals surface area contributed by atoms with Crippen molar-refractivity contribution in [3.63, 3.8) is 0 Å². The van der Waals surface area contributed by atoms with Crippen molar-refractivity contribution in [3.05, 3.63) is 36.3 Å². The highest BCUT2D eigenvalue weighted by atomic mass is 32.2. The van der Waals surface area contributed by atoms with E-state index < -0.39 is 15.3 Å². The molecule has 1 atom stereocenters. The molecule has 1 heterocycles. The molecule has 1 rings (SSSR count). The molecule has 1 aromatic rings. The van der Waals surface area contributed by atoms with E-state index in [-0.39, 0.29) is 5.82 Å². The van der Waals surface area contributed by atoms with Crippen molar-refractivity contribution in [1.82, 2.24) is 10.5 Å². The number of rotatable bonds is 7. The van der Waals surface area contributed by atoms with Gasteiger partial charge in [0.05, 0.1) is 0 Å². The lowest BCUT2D eigenvalue weighted by molar-refractivity contribution is 0.400. The summed E-state index contributed by atoms with van der Waals surface area (Å²) < 4.78 is 31.4. The molecule has 0 aliphatic rings. The molecule has 0 aliphatic carbocycles. The molecule has 2 N–H and O–H groups in total. The molecule has 0 saturated carbocycles. The lowest BCUT2D eigenvalue weighted by Crippen LogP contribution is -2.26. The summed E-state index contributed by atoms with van der Waals surface area (Å²) >= 11 is 0. The van der Waals surface area contributed by atoms with Gasteiger partial charge in [-0.1, -0.05) is 17.3 Å². The second-order valence-corrected chi connectivity index (χ2v) is 6.02. The first-order chi connectivity index (χ1) is 8.89. The number of hydrogen-bond donors (Lipinski definition) is 2. The van der Waals surface area contributed by atoms with Crippen LogP contribution in [0.2, 0.25) is 0 Å². The highest BCUT2D eigenvalue weighted by molar-refractivity contribution is 7.93.